The predicted octanol–water partition coefficient (Wildman–Crippen LogP) is 3.03. The van der Waals surface area contributed by atoms with Crippen molar-refractivity contribution in [1.29, 1.82) is 0 Å². The standard InChI is InChI=1S/C14H22O2/c1-4-6-12-7-5-8-13(9-12)16-10-14(15)11(2)3/h5,7-9,11,14-15H,4,6,10H2,1-3H3. The van der Waals surface area contributed by atoms with Gasteiger partial charge in [0.1, 0.15) is 12.4 Å². The molecule has 0 aliphatic rings. The van der Waals surface area contributed by atoms with E-state index in [0.717, 1.165) is 18.6 Å². The van der Waals surface area contributed by atoms with Crippen LogP contribution in [0.15, 0.2) is 24.3 Å². The van der Waals surface area contributed by atoms with Crippen LogP contribution in [0, 0.1) is 5.92 Å². The quantitative estimate of drug-likeness (QED) is 0.801. The Bertz CT molecular complexity index is 307. The van der Waals surface area contributed by atoms with Crippen LogP contribution in [0.1, 0.15) is 32.8 Å². The summed E-state index contributed by atoms with van der Waals surface area (Å²) in [5, 5.41) is 9.64. The maximum absolute atomic E-state index is 9.64. The summed E-state index contributed by atoms with van der Waals surface area (Å²) < 4.78 is 5.57. The number of hydrogen-bond acceptors (Lipinski definition) is 2. The molecule has 0 saturated carbocycles. The fourth-order valence-electron chi connectivity index (χ4n) is 1.45. The smallest absolute Gasteiger partial charge is 0.119 e. The van der Waals surface area contributed by atoms with E-state index in [9.17, 15) is 5.11 Å². The lowest BCUT2D eigenvalue weighted by Crippen LogP contribution is -2.23. The zero-order valence-corrected chi connectivity index (χ0v) is 10.4. The van der Waals surface area contributed by atoms with Gasteiger partial charge in [-0.15, -0.1) is 0 Å². The van der Waals surface area contributed by atoms with Gasteiger partial charge in [-0.25, -0.2) is 0 Å². The largest absolute Gasteiger partial charge is 0.491 e. The Morgan fingerprint density at radius 1 is 1.31 bits per heavy atom. The number of benzene rings is 1. The molecular weight excluding hydrogens is 200 g/mol. The summed E-state index contributed by atoms with van der Waals surface area (Å²) in [5.74, 6) is 1.09. The number of hydrogen-bond donors (Lipinski definition) is 1. The Morgan fingerprint density at radius 3 is 2.69 bits per heavy atom. The summed E-state index contributed by atoms with van der Waals surface area (Å²) in [6.45, 7) is 6.51. The number of aliphatic hydroxyl groups is 1. The first-order valence-electron chi connectivity index (χ1n) is 6.03. The third-order valence-corrected chi connectivity index (χ3v) is 2.63. The van der Waals surface area contributed by atoms with Gasteiger partial charge in [-0.05, 0) is 30.0 Å². The SMILES string of the molecule is CCCc1cccc(OCC(O)C(C)C)c1. The Kier molecular flexibility index (Phi) is 5.33. The lowest BCUT2D eigenvalue weighted by molar-refractivity contribution is 0.0701. The van der Waals surface area contributed by atoms with Crippen molar-refractivity contribution in [3.8, 4) is 5.75 Å². The molecule has 0 saturated heterocycles. The molecule has 2 heteroatoms. The minimum absolute atomic E-state index is 0.235. The zero-order valence-electron chi connectivity index (χ0n) is 10.4. The van der Waals surface area contributed by atoms with E-state index < -0.39 is 6.10 Å². The first-order chi connectivity index (χ1) is 7.63. The van der Waals surface area contributed by atoms with Gasteiger partial charge in [0.2, 0.25) is 0 Å². The van der Waals surface area contributed by atoms with Gasteiger partial charge in [0.05, 0.1) is 6.10 Å². The highest BCUT2D eigenvalue weighted by molar-refractivity contribution is 5.28. The summed E-state index contributed by atoms with van der Waals surface area (Å²) in [6.07, 6.45) is 1.82. The topological polar surface area (TPSA) is 29.5 Å². The molecule has 0 bridgehead atoms. The minimum Gasteiger partial charge on any atom is -0.491 e. The highest BCUT2D eigenvalue weighted by Gasteiger charge is 2.09. The van der Waals surface area contributed by atoms with Crippen molar-refractivity contribution in [2.45, 2.75) is 39.7 Å². The van der Waals surface area contributed by atoms with Gasteiger partial charge >= 0.3 is 0 Å². The molecule has 1 atom stereocenters. The average Bonchev–Trinajstić information content (AvgIpc) is 2.26. The van der Waals surface area contributed by atoms with Crippen molar-refractivity contribution in [1.82, 2.24) is 0 Å². The van der Waals surface area contributed by atoms with E-state index in [0.29, 0.717) is 6.61 Å². The predicted molar refractivity (Wildman–Crippen MR) is 66.8 cm³/mol. The third-order valence-electron chi connectivity index (χ3n) is 2.63. The summed E-state index contributed by atoms with van der Waals surface area (Å²) in [6, 6.07) is 8.10. The van der Waals surface area contributed by atoms with Crippen LogP contribution in [0.25, 0.3) is 0 Å². The first kappa shape index (κ1) is 13.0. The number of ether oxygens (including phenoxy) is 1. The summed E-state index contributed by atoms with van der Waals surface area (Å²) in [5.41, 5.74) is 1.29. The molecule has 1 aromatic carbocycles. The molecule has 1 aromatic rings. The van der Waals surface area contributed by atoms with E-state index >= 15 is 0 Å². The van der Waals surface area contributed by atoms with Gasteiger partial charge in [-0.1, -0.05) is 39.3 Å². The van der Waals surface area contributed by atoms with Gasteiger partial charge in [-0.3, -0.25) is 0 Å². The van der Waals surface area contributed by atoms with Crippen molar-refractivity contribution in [2.24, 2.45) is 5.92 Å². The van der Waals surface area contributed by atoms with E-state index in [4.69, 9.17) is 4.74 Å². The monoisotopic (exact) mass is 222 g/mol. The first-order valence-corrected chi connectivity index (χ1v) is 6.03. The van der Waals surface area contributed by atoms with Gasteiger partial charge < -0.3 is 9.84 Å². The Hall–Kier alpha value is -1.02. The van der Waals surface area contributed by atoms with E-state index in [1.54, 1.807) is 0 Å². The van der Waals surface area contributed by atoms with Crippen LogP contribution in [0.3, 0.4) is 0 Å². The molecule has 0 fully saturated rings. The fourth-order valence-corrected chi connectivity index (χ4v) is 1.45. The number of aryl methyl sites for hydroxylation is 1. The Balaban J connectivity index is 2.50. The molecule has 1 rings (SSSR count). The van der Waals surface area contributed by atoms with Crippen molar-refractivity contribution >= 4 is 0 Å². The van der Waals surface area contributed by atoms with Gasteiger partial charge in [0.25, 0.3) is 0 Å². The van der Waals surface area contributed by atoms with E-state index in [1.807, 2.05) is 26.0 Å². The molecular formula is C14H22O2. The fraction of sp³-hybridized carbons (Fsp3) is 0.571. The van der Waals surface area contributed by atoms with Crippen LogP contribution < -0.4 is 4.74 Å². The van der Waals surface area contributed by atoms with E-state index in [2.05, 4.69) is 19.1 Å². The van der Waals surface area contributed by atoms with E-state index in [1.165, 1.54) is 5.56 Å². The average molecular weight is 222 g/mol. The van der Waals surface area contributed by atoms with Crippen molar-refractivity contribution in [2.75, 3.05) is 6.61 Å². The van der Waals surface area contributed by atoms with Gasteiger partial charge in [-0.2, -0.15) is 0 Å². The normalized spacial score (nSPS) is 12.8. The molecule has 0 radical (unpaired) electrons. The Labute approximate surface area is 98.3 Å². The minimum atomic E-state index is -0.394. The second-order valence-electron chi connectivity index (χ2n) is 4.52. The lowest BCUT2D eigenvalue weighted by atomic mass is 10.1. The molecule has 0 aromatic heterocycles. The van der Waals surface area contributed by atoms with Crippen molar-refractivity contribution < 1.29 is 9.84 Å². The third kappa shape index (κ3) is 4.23. The Morgan fingerprint density at radius 2 is 2.06 bits per heavy atom. The lowest BCUT2D eigenvalue weighted by Gasteiger charge is -2.15. The van der Waals surface area contributed by atoms with Crippen LogP contribution in [0.5, 0.6) is 5.75 Å². The summed E-state index contributed by atoms with van der Waals surface area (Å²) >= 11 is 0. The van der Waals surface area contributed by atoms with Gasteiger partial charge in [0.15, 0.2) is 0 Å². The highest BCUT2D eigenvalue weighted by atomic mass is 16.5. The molecule has 1 N–H and O–H groups in total. The molecule has 1 unspecified atom stereocenters. The van der Waals surface area contributed by atoms with Crippen LogP contribution in [0.4, 0.5) is 0 Å². The molecule has 0 aliphatic heterocycles. The molecule has 16 heavy (non-hydrogen) atoms. The molecule has 0 heterocycles. The van der Waals surface area contributed by atoms with Crippen molar-refractivity contribution in [3.63, 3.8) is 0 Å². The van der Waals surface area contributed by atoms with E-state index in [-0.39, 0.29) is 5.92 Å². The van der Waals surface area contributed by atoms with Crippen LogP contribution in [-0.4, -0.2) is 17.8 Å². The number of aliphatic hydroxyl groups excluding tert-OH is 1. The summed E-state index contributed by atoms with van der Waals surface area (Å²) in [4.78, 5) is 0. The summed E-state index contributed by atoms with van der Waals surface area (Å²) in [7, 11) is 0. The van der Waals surface area contributed by atoms with Gasteiger partial charge in [0, 0.05) is 0 Å². The second kappa shape index (κ2) is 6.54. The maximum Gasteiger partial charge on any atom is 0.119 e. The zero-order chi connectivity index (χ0) is 12.0. The molecule has 0 aliphatic carbocycles. The van der Waals surface area contributed by atoms with Crippen molar-refractivity contribution in [3.05, 3.63) is 29.8 Å². The highest BCUT2D eigenvalue weighted by Crippen LogP contribution is 2.15. The second-order valence-corrected chi connectivity index (χ2v) is 4.52. The molecule has 90 valence electrons. The maximum atomic E-state index is 9.64. The van der Waals surface area contributed by atoms with Crippen LogP contribution in [0.2, 0.25) is 0 Å². The number of rotatable bonds is 6. The van der Waals surface area contributed by atoms with Crippen LogP contribution >= 0.6 is 0 Å². The van der Waals surface area contributed by atoms with Crippen LogP contribution in [-0.2, 0) is 6.42 Å². The molecule has 0 amide bonds. The molecule has 0 spiro atoms. The molecule has 2 nitrogen and oxygen atoms in total.